The van der Waals surface area contributed by atoms with Crippen LogP contribution in [0.25, 0.3) is 0 Å². The summed E-state index contributed by atoms with van der Waals surface area (Å²) in [7, 11) is 0. The third-order valence-electron chi connectivity index (χ3n) is 1.27. The van der Waals surface area contributed by atoms with Gasteiger partial charge in [-0.3, -0.25) is 4.79 Å². The SMILES string of the molecule is C[C@H](Nc1ccsc1)C(=O)O. The summed E-state index contributed by atoms with van der Waals surface area (Å²) in [6.07, 6.45) is 0. The molecular weight excluding hydrogens is 162 g/mol. The number of thiophene rings is 1. The lowest BCUT2D eigenvalue weighted by Gasteiger charge is -2.07. The van der Waals surface area contributed by atoms with Crippen LogP contribution in [0, 0.1) is 0 Å². The molecule has 4 heteroatoms. The molecule has 1 atom stereocenters. The van der Waals surface area contributed by atoms with Gasteiger partial charge in [0, 0.05) is 11.1 Å². The van der Waals surface area contributed by atoms with Crippen molar-refractivity contribution in [1.82, 2.24) is 0 Å². The van der Waals surface area contributed by atoms with Crippen LogP contribution < -0.4 is 5.32 Å². The van der Waals surface area contributed by atoms with Crippen molar-refractivity contribution in [2.45, 2.75) is 13.0 Å². The summed E-state index contributed by atoms with van der Waals surface area (Å²) in [5, 5.41) is 15.1. The maximum Gasteiger partial charge on any atom is 0.325 e. The Morgan fingerprint density at radius 2 is 2.55 bits per heavy atom. The molecule has 0 aliphatic rings. The maximum absolute atomic E-state index is 10.4. The third kappa shape index (κ3) is 2.23. The molecule has 0 spiro atoms. The number of anilines is 1. The van der Waals surface area contributed by atoms with Crippen molar-refractivity contribution in [3.63, 3.8) is 0 Å². The molecule has 1 aromatic rings. The van der Waals surface area contributed by atoms with Gasteiger partial charge in [-0.1, -0.05) is 0 Å². The highest BCUT2D eigenvalue weighted by atomic mass is 32.1. The molecule has 0 amide bonds. The molecular formula is C7H9NO2S. The lowest BCUT2D eigenvalue weighted by molar-refractivity contribution is -0.137. The Morgan fingerprint density at radius 3 is 3.00 bits per heavy atom. The van der Waals surface area contributed by atoms with Gasteiger partial charge in [0.15, 0.2) is 0 Å². The second-order valence-corrected chi connectivity index (χ2v) is 3.00. The number of hydrogen-bond donors (Lipinski definition) is 2. The van der Waals surface area contributed by atoms with Gasteiger partial charge in [-0.2, -0.15) is 11.3 Å². The summed E-state index contributed by atoms with van der Waals surface area (Å²) >= 11 is 1.54. The molecule has 0 fully saturated rings. The highest BCUT2D eigenvalue weighted by Gasteiger charge is 2.09. The molecule has 0 aliphatic carbocycles. The Labute approximate surface area is 68.7 Å². The third-order valence-corrected chi connectivity index (χ3v) is 1.96. The van der Waals surface area contributed by atoms with Crippen molar-refractivity contribution in [1.29, 1.82) is 0 Å². The van der Waals surface area contributed by atoms with E-state index in [0.717, 1.165) is 5.69 Å². The van der Waals surface area contributed by atoms with Gasteiger partial charge in [-0.25, -0.2) is 0 Å². The lowest BCUT2D eigenvalue weighted by Crippen LogP contribution is -2.24. The number of carboxylic acid groups (broad SMARTS) is 1. The van der Waals surface area contributed by atoms with Gasteiger partial charge in [0.25, 0.3) is 0 Å². The van der Waals surface area contributed by atoms with Gasteiger partial charge in [0.2, 0.25) is 0 Å². The topological polar surface area (TPSA) is 49.3 Å². The zero-order valence-corrected chi connectivity index (χ0v) is 6.89. The molecule has 3 nitrogen and oxygen atoms in total. The molecule has 1 aromatic heterocycles. The number of carboxylic acids is 1. The van der Waals surface area contributed by atoms with E-state index in [9.17, 15) is 4.79 Å². The van der Waals surface area contributed by atoms with Gasteiger partial charge >= 0.3 is 5.97 Å². The van der Waals surface area contributed by atoms with Crippen LogP contribution in [0.2, 0.25) is 0 Å². The van der Waals surface area contributed by atoms with Crippen molar-refractivity contribution in [3.8, 4) is 0 Å². The van der Waals surface area contributed by atoms with E-state index in [1.54, 1.807) is 6.92 Å². The molecule has 0 aliphatic heterocycles. The summed E-state index contributed by atoms with van der Waals surface area (Å²) < 4.78 is 0. The summed E-state index contributed by atoms with van der Waals surface area (Å²) in [6.45, 7) is 1.61. The predicted molar refractivity (Wildman–Crippen MR) is 45.0 cm³/mol. The minimum Gasteiger partial charge on any atom is -0.480 e. The van der Waals surface area contributed by atoms with E-state index < -0.39 is 12.0 Å². The van der Waals surface area contributed by atoms with Gasteiger partial charge in [0.05, 0.1) is 0 Å². The molecule has 0 saturated carbocycles. The smallest absolute Gasteiger partial charge is 0.325 e. The molecule has 0 radical (unpaired) electrons. The van der Waals surface area contributed by atoms with Crippen LogP contribution in [0.5, 0.6) is 0 Å². The van der Waals surface area contributed by atoms with E-state index in [4.69, 9.17) is 5.11 Å². The van der Waals surface area contributed by atoms with E-state index in [0.29, 0.717) is 0 Å². The first-order chi connectivity index (χ1) is 5.20. The van der Waals surface area contributed by atoms with Crippen LogP contribution in [0.15, 0.2) is 16.8 Å². The summed E-state index contributed by atoms with van der Waals surface area (Å²) in [4.78, 5) is 10.4. The van der Waals surface area contributed by atoms with Crippen molar-refractivity contribution in [2.24, 2.45) is 0 Å². The van der Waals surface area contributed by atoms with Gasteiger partial charge in [-0.15, -0.1) is 0 Å². The van der Waals surface area contributed by atoms with E-state index in [2.05, 4.69) is 5.32 Å². The molecule has 0 saturated heterocycles. The molecule has 60 valence electrons. The number of carbonyl (C=O) groups is 1. The average molecular weight is 171 g/mol. The minimum absolute atomic E-state index is 0.524. The average Bonchev–Trinajstić information content (AvgIpc) is 2.39. The first kappa shape index (κ1) is 8.07. The largest absolute Gasteiger partial charge is 0.480 e. The zero-order chi connectivity index (χ0) is 8.27. The van der Waals surface area contributed by atoms with Crippen molar-refractivity contribution in [2.75, 3.05) is 5.32 Å². The van der Waals surface area contributed by atoms with Crippen LogP contribution in [0.3, 0.4) is 0 Å². The van der Waals surface area contributed by atoms with Gasteiger partial charge in [-0.05, 0) is 18.4 Å². The Morgan fingerprint density at radius 1 is 1.82 bits per heavy atom. The fourth-order valence-corrected chi connectivity index (χ4v) is 1.26. The van der Waals surface area contributed by atoms with E-state index in [1.165, 1.54) is 11.3 Å². The van der Waals surface area contributed by atoms with E-state index >= 15 is 0 Å². The second kappa shape index (κ2) is 3.39. The first-order valence-electron chi connectivity index (χ1n) is 3.21. The normalized spacial score (nSPS) is 12.5. The maximum atomic E-state index is 10.4. The van der Waals surface area contributed by atoms with Gasteiger partial charge in [0.1, 0.15) is 6.04 Å². The quantitative estimate of drug-likeness (QED) is 0.726. The number of rotatable bonds is 3. The lowest BCUT2D eigenvalue weighted by atomic mass is 10.3. The highest BCUT2D eigenvalue weighted by molar-refractivity contribution is 7.08. The summed E-state index contributed by atoms with van der Waals surface area (Å²) in [5.41, 5.74) is 0.866. The van der Waals surface area contributed by atoms with Crippen molar-refractivity contribution in [3.05, 3.63) is 16.8 Å². The molecule has 0 bridgehead atoms. The monoisotopic (exact) mass is 171 g/mol. The van der Waals surface area contributed by atoms with Crippen LogP contribution in [-0.2, 0) is 4.79 Å². The standard InChI is InChI=1S/C7H9NO2S/c1-5(7(9)10)8-6-2-3-11-4-6/h2-5,8H,1H3,(H,9,10)/t5-/m0/s1. The molecule has 2 N–H and O–H groups in total. The predicted octanol–water partition coefficient (Wildman–Crippen LogP) is 1.63. The Kier molecular flexibility index (Phi) is 2.48. The van der Waals surface area contributed by atoms with Crippen LogP contribution in [0.4, 0.5) is 5.69 Å². The van der Waals surface area contributed by atoms with Crippen LogP contribution in [-0.4, -0.2) is 17.1 Å². The molecule has 1 heterocycles. The number of aliphatic carboxylic acids is 1. The van der Waals surface area contributed by atoms with E-state index in [-0.39, 0.29) is 0 Å². The first-order valence-corrected chi connectivity index (χ1v) is 4.16. The van der Waals surface area contributed by atoms with Crippen molar-refractivity contribution >= 4 is 23.0 Å². The second-order valence-electron chi connectivity index (χ2n) is 2.22. The minimum atomic E-state index is -0.837. The van der Waals surface area contributed by atoms with Crippen LogP contribution >= 0.6 is 11.3 Å². The fraction of sp³-hybridized carbons (Fsp3) is 0.286. The number of nitrogens with one attached hydrogen (secondary N) is 1. The summed E-state index contributed by atoms with van der Waals surface area (Å²) in [5.74, 6) is -0.837. The molecule has 1 rings (SSSR count). The molecule has 0 aromatic carbocycles. The summed E-state index contributed by atoms with van der Waals surface area (Å²) in [6, 6.07) is 1.33. The Bertz CT molecular complexity index is 233. The fourth-order valence-electron chi connectivity index (χ4n) is 0.658. The molecule has 0 unspecified atom stereocenters. The Balaban J connectivity index is 2.50. The molecule has 11 heavy (non-hydrogen) atoms. The Hall–Kier alpha value is -1.03. The van der Waals surface area contributed by atoms with Crippen LogP contribution in [0.1, 0.15) is 6.92 Å². The highest BCUT2D eigenvalue weighted by Crippen LogP contribution is 2.12. The zero-order valence-electron chi connectivity index (χ0n) is 6.07. The van der Waals surface area contributed by atoms with Gasteiger partial charge < -0.3 is 10.4 Å². The van der Waals surface area contributed by atoms with E-state index in [1.807, 2.05) is 16.8 Å². The number of hydrogen-bond acceptors (Lipinski definition) is 3. The van der Waals surface area contributed by atoms with Crippen molar-refractivity contribution < 1.29 is 9.90 Å².